The topological polar surface area (TPSA) is 39.3 Å². The van der Waals surface area contributed by atoms with Crippen molar-refractivity contribution in [2.24, 2.45) is 0 Å². The second-order valence-electron chi connectivity index (χ2n) is 7.86. The summed E-state index contributed by atoms with van der Waals surface area (Å²) in [6.45, 7) is 9.69. The van der Waals surface area contributed by atoms with E-state index in [-0.39, 0.29) is 5.78 Å². The van der Waals surface area contributed by atoms with E-state index in [4.69, 9.17) is 0 Å². The molecule has 0 amide bonds. The zero-order chi connectivity index (χ0) is 19.5. The Morgan fingerprint density at radius 1 is 1.04 bits per heavy atom. The summed E-state index contributed by atoms with van der Waals surface area (Å²) in [6.07, 6.45) is 2.86. The summed E-state index contributed by atoms with van der Waals surface area (Å²) in [5, 5.41) is 1.06. The molecule has 1 aliphatic rings. The van der Waals surface area contributed by atoms with Gasteiger partial charge in [-0.3, -0.25) is 14.6 Å². The molecule has 2 heterocycles. The third-order valence-corrected chi connectivity index (χ3v) is 5.80. The minimum atomic E-state index is 0.214. The van der Waals surface area contributed by atoms with E-state index in [9.17, 15) is 4.79 Å². The van der Waals surface area contributed by atoms with Gasteiger partial charge >= 0.3 is 0 Å². The van der Waals surface area contributed by atoms with Crippen molar-refractivity contribution in [2.75, 3.05) is 32.7 Å². The Kier molecular flexibility index (Phi) is 5.60. The highest BCUT2D eigenvalue weighted by molar-refractivity contribution is 6.09. The minimum Gasteiger partial charge on any atom is -0.360 e. The number of aromatic amines is 1. The molecule has 0 atom stereocenters. The summed E-state index contributed by atoms with van der Waals surface area (Å²) in [6, 6.07) is 15.0. The largest absolute Gasteiger partial charge is 0.360 e. The number of H-pyrrole nitrogens is 1. The average Bonchev–Trinajstić information content (AvgIpc) is 3.14. The van der Waals surface area contributed by atoms with Crippen LogP contribution in [-0.2, 0) is 13.0 Å². The van der Waals surface area contributed by atoms with Gasteiger partial charge in [0.1, 0.15) is 0 Å². The molecule has 0 unspecified atom stereocenters. The molecular formula is C24H29N3O. The number of fused-ring (bicyclic) bond motifs is 1. The molecule has 3 aromatic rings. The van der Waals surface area contributed by atoms with Crippen LogP contribution in [0.4, 0.5) is 0 Å². The fraction of sp³-hybridized carbons (Fsp3) is 0.375. The average molecular weight is 376 g/mol. The molecule has 4 rings (SSSR count). The number of carbonyl (C=O) groups is 1. The second kappa shape index (κ2) is 8.29. The van der Waals surface area contributed by atoms with Crippen LogP contribution in [0.15, 0.2) is 48.7 Å². The van der Waals surface area contributed by atoms with Gasteiger partial charge in [-0.15, -0.1) is 0 Å². The smallest absolute Gasteiger partial charge is 0.178 e. The molecule has 4 nitrogen and oxygen atoms in total. The molecule has 146 valence electrons. The zero-order valence-corrected chi connectivity index (χ0v) is 16.9. The van der Waals surface area contributed by atoms with Gasteiger partial charge in [-0.25, -0.2) is 0 Å². The Morgan fingerprint density at radius 3 is 2.54 bits per heavy atom. The predicted molar refractivity (Wildman–Crippen MR) is 115 cm³/mol. The number of aryl methyl sites for hydroxylation is 2. The third kappa shape index (κ3) is 4.03. The van der Waals surface area contributed by atoms with Crippen molar-refractivity contribution in [1.82, 2.24) is 14.8 Å². The highest BCUT2D eigenvalue weighted by Crippen LogP contribution is 2.23. The van der Waals surface area contributed by atoms with Gasteiger partial charge in [0.2, 0.25) is 0 Å². The Hall–Kier alpha value is -2.43. The SMILES string of the molecule is CCc1cccc2c(C(=O)CN3CCN(Cc4cccc(C)c4)CC3)c[nH]c12. The number of nitrogens with zero attached hydrogens (tertiary/aromatic N) is 2. The van der Waals surface area contributed by atoms with E-state index >= 15 is 0 Å². The number of para-hydroxylation sites is 1. The fourth-order valence-corrected chi connectivity index (χ4v) is 4.20. The molecule has 1 aromatic heterocycles. The summed E-state index contributed by atoms with van der Waals surface area (Å²) in [4.78, 5) is 21.0. The van der Waals surface area contributed by atoms with E-state index in [0.29, 0.717) is 6.54 Å². The maximum absolute atomic E-state index is 12.9. The lowest BCUT2D eigenvalue weighted by Gasteiger charge is -2.34. The number of ketones is 1. The molecule has 0 saturated carbocycles. The van der Waals surface area contributed by atoms with E-state index < -0.39 is 0 Å². The normalized spacial score (nSPS) is 15.9. The number of piperazine rings is 1. The second-order valence-corrected chi connectivity index (χ2v) is 7.86. The summed E-state index contributed by atoms with van der Waals surface area (Å²) < 4.78 is 0. The van der Waals surface area contributed by atoms with E-state index in [1.54, 1.807) is 0 Å². The maximum Gasteiger partial charge on any atom is 0.178 e. The molecule has 1 saturated heterocycles. The lowest BCUT2D eigenvalue weighted by atomic mass is 10.0. The molecule has 0 radical (unpaired) electrons. The van der Waals surface area contributed by atoms with Crippen LogP contribution in [0.5, 0.6) is 0 Å². The van der Waals surface area contributed by atoms with Crippen LogP contribution in [0.2, 0.25) is 0 Å². The molecule has 0 spiro atoms. The van der Waals surface area contributed by atoms with Gasteiger partial charge in [0, 0.05) is 55.4 Å². The Bertz CT molecular complexity index is 967. The quantitative estimate of drug-likeness (QED) is 0.661. The predicted octanol–water partition coefficient (Wildman–Crippen LogP) is 4.04. The molecule has 28 heavy (non-hydrogen) atoms. The van der Waals surface area contributed by atoms with Crippen LogP contribution in [0.3, 0.4) is 0 Å². The van der Waals surface area contributed by atoms with Crippen molar-refractivity contribution in [1.29, 1.82) is 0 Å². The van der Waals surface area contributed by atoms with Gasteiger partial charge in [0.25, 0.3) is 0 Å². The third-order valence-electron chi connectivity index (χ3n) is 5.80. The van der Waals surface area contributed by atoms with Gasteiger partial charge in [-0.05, 0) is 24.5 Å². The first kappa shape index (κ1) is 18.9. The van der Waals surface area contributed by atoms with Gasteiger partial charge in [0.15, 0.2) is 5.78 Å². The van der Waals surface area contributed by atoms with Crippen molar-refractivity contribution < 1.29 is 4.79 Å². The van der Waals surface area contributed by atoms with Crippen LogP contribution in [0.1, 0.15) is 34.0 Å². The number of benzene rings is 2. The number of hydrogen-bond acceptors (Lipinski definition) is 3. The van der Waals surface area contributed by atoms with Gasteiger partial charge < -0.3 is 4.98 Å². The molecule has 1 fully saturated rings. The van der Waals surface area contributed by atoms with Crippen molar-refractivity contribution in [3.63, 3.8) is 0 Å². The molecular weight excluding hydrogens is 346 g/mol. The molecule has 0 aliphatic carbocycles. The highest BCUT2D eigenvalue weighted by Gasteiger charge is 2.21. The van der Waals surface area contributed by atoms with Gasteiger partial charge in [0.05, 0.1) is 6.54 Å². The van der Waals surface area contributed by atoms with Crippen molar-refractivity contribution in [3.05, 3.63) is 70.9 Å². The molecule has 1 N–H and O–H groups in total. The van der Waals surface area contributed by atoms with E-state index in [0.717, 1.165) is 55.6 Å². The molecule has 1 aliphatic heterocycles. The Balaban J connectivity index is 1.35. The van der Waals surface area contributed by atoms with Crippen LogP contribution in [0, 0.1) is 6.92 Å². The highest BCUT2D eigenvalue weighted by atomic mass is 16.1. The van der Waals surface area contributed by atoms with Crippen LogP contribution in [-0.4, -0.2) is 53.3 Å². The first-order valence-corrected chi connectivity index (χ1v) is 10.3. The lowest BCUT2D eigenvalue weighted by Crippen LogP contribution is -2.47. The zero-order valence-electron chi connectivity index (χ0n) is 16.9. The first-order chi connectivity index (χ1) is 13.6. The minimum absolute atomic E-state index is 0.214. The molecule has 2 aromatic carbocycles. The van der Waals surface area contributed by atoms with Crippen LogP contribution < -0.4 is 0 Å². The molecule has 0 bridgehead atoms. The Morgan fingerprint density at radius 2 is 1.79 bits per heavy atom. The fourth-order valence-electron chi connectivity index (χ4n) is 4.20. The molecule has 4 heteroatoms. The number of hydrogen-bond donors (Lipinski definition) is 1. The summed E-state index contributed by atoms with van der Waals surface area (Å²) >= 11 is 0. The van der Waals surface area contributed by atoms with E-state index in [2.05, 4.69) is 71.1 Å². The standard InChI is InChI=1S/C24H29N3O/c1-3-20-8-5-9-21-22(15-25-24(20)21)23(28)17-27-12-10-26(11-13-27)16-19-7-4-6-18(2)14-19/h4-9,14-15,25H,3,10-13,16-17H2,1-2H3. The number of rotatable bonds is 6. The van der Waals surface area contributed by atoms with E-state index in [1.807, 2.05) is 6.20 Å². The number of nitrogens with one attached hydrogen (secondary N) is 1. The van der Waals surface area contributed by atoms with Crippen molar-refractivity contribution in [3.8, 4) is 0 Å². The van der Waals surface area contributed by atoms with Gasteiger partial charge in [-0.1, -0.05) is 55.0 Å². The summed E-state index contributed by atoms with van der Waals surface area (Å²) in [5.74, 6) is 0.214. The van der Waals surface area contributed by atoms with Crippen molar-refractivity contribution >= 4 is 16.7 Å². The maximum atomic E-state index is 12.9. The van der Waals surface area contributed by atoms with Gasteiger partial charge in [-0.2, -0.15) is 0 Å². The lowest BCUT2D eigenvalue weighted by molar-refractivity contribution is 0.0845. The van der Waals surface area contributed by atoms with Crippen LogP contribution in [0.25, 0.3) is 10.9 Å². The number of carbonyl (C=O) groups excluding carboxylic acids is 1. The van der Waals surface area contributed by atoms with Crippen LogP contribution >= 0.6 is 0 Å². The summed E-state index contributed by atoms with van der Waals surface area (Å²) in [5.41, 5.74) is 5.88. The summed E-state index contributed by atoms with van der Waals surface area (Å²) in [7, 11) is 0. The Labute approximate surface area is 167 Å². The van der Waals surface area contributed by atoms with E-state index in [1.165, 1.54) is 16.7 Å². The number of aromatic nitrogens is 1. The monoisotopic (exact) mass is 375 g/mol. The van der Waals surface area contributed by atoms with Crippen molar-refractivity contribution in [2.45, 2.75) is 26.8 Å². The number of Topliss-reactive ketones (excluding diaryl/α,β-unsaturated/α-hetero) is 1. The first-order valence-electron chi connectivity index (χ1n) is 10.3.